The van der Waals surface area contributed by atoms with Crippen molar-refractivity contribution in [3.8, 4) is 5.75 Å². The molecule has 0 radical (unpaired) electrons. The summed E-state index contributed by atoms with van der Waals surface area (Å²) in [5, 5.41) is 2.61. The number of ether oxygens (including phenoxy) is 1. The van der Waals surface area contributed by atoms with Gasteiger partial charge in [-0.2, -0.15) is 0 Å². The molecule has 6 nitrogen and oxygen atoms in total. The summed E-state index contributed by atoms with van der Waals surface area (Å²) in [4.78, 5) is 12.0. The average Bonchev–Trinajstić information content (AvgIpc) is 2.61. The van der Waals surface area contributed by atoms with E-state index in [0.717, 1.165) is 12.1 Å². The number of sulfonamides is 1. The third-order valence-corrected chi connectivity index (χ3v) is 4.96. The molecule has 1 atom stereocenters. The normalized spacial score (nSPS) is 12.4. The van der Waals surface area contributed by atoms with Crippen LogP contribution in [0.4, 0.5) is 8.78 Å². The van der Waals surface area contributed by atoms with Gasteiger partial charge in [-0.25, -0.2) is 21.9 Å². The van der Waals surface area contributed by atoms with Crippen molar-refractivity contribution >= 4 is 15.9 Å². The molecule has 0 saturated heterocycles. The summed E-state index contributed by atoms with van der Waals surface area (Å²) in [7, 11) is -3.67. The molecular weight excluding hydrogens is 378 g/mol. The number of carbonyl (C=O) groups is 1. The van der Waals surface area contributed by atoms with Crippen LogP contribution in [0.25, 0.3) is 0 Å². The van der Waals surface area contributed by atoms with Gasteiger partial charge in [0.15, 0.2) is 11.6 Å². The molecule has 0 aromatic heterocycles. The zero-order chi connectivity index (χ0) is 19.9. The van der Waals surface area contributed by atoms with E-state index < -0.39 is 27.7 Å². The maximum absolute atomic E-state index is 13.5. The Morgan fingerprint density at radius 2 is 1.85 bits per heavy atom. The highest BCUT2D eigenvalue weighted by Crippen LogP contribution is 2.17. The third kappa shape index (κ3) is 6.61. The third-order valence-electron chi connectivity index (χ3n) is 3.49. The van der Waals surface area contributed by atoms with Gasteiger partial charge in [-0.05, 0) is 31.2 Å². The summed E-state index contributed by atoms with van der Waals surface area (Å²) >= 11 is 0. The van der Waals surface area contributed by atoms with E-state index in [-0.39, 0.29) is 36.1 Å². The second kappa shape index (κ2) is 9.43. The van der Waals surface area contributed by atoms with Crippen LogP contribution >= 0.6 is 0 Å². The van der Waals surface area contributed by atoms with Gasteiger partial charge in [-0.3, -0.25) is 4.79 Å². The Balaban J connectivity index is 1.73. The molecule has 0 aliphatic heterocycles. The summed E-state index contributed by atoms with van der Waals surface area (Å²) in [6.07, 6.45) is -0.0681. The number of hydrogen-bond acceptors (Lipinski definition) is 4. The van der Waals surface area contributed by atoms with Crippen molar-refractivity contribution in [1.29, 1.82) is 0 Å². The summed E-state index contributed by atoms with van der Waals surface area (Å²) in [5.41, 5.74) is 0. The maximum Gasteiger partial charge on any atom is 0.240 e. The maximum atomic E-state index is 13.5. The van der Waals surface area contributed by atoms with Crippen molar-refractivity contribution in [2.45, 2.75) is 24.3 Å². The lowest BCUT2D eigenvalue weighted by molar-refractivity contribution is -0.121. The molecule has 0 spiro atoms. The highest BCUT2D eigenvalue weighted by Gasteiger charge is 2.14. The zero-order valence-electron chi connectivity index (χ0n) is 14.6. The van der Waals surface area contributed by atoms with Crippen LogP contribution in [-0.2, 0) is 14.8 Å². The van der Waals surface area contributed by atoms with Gasteiger partial charge in [0.25, 0.3) is 0 Å². The molecule has 9 heteroatoms. The van der Waals surface area contributed by atoms with Gasteiger partial charge in [0, 0.05) is 19.0 Å². The lowest BCUT2D eigenvalue weighted by atomic mass is 10.3. The van der Waals surface area contributed by atoms with E-state index in [9.17, 15) is 22.0 Å². The first-order chi connectivity index (χ1) is 12.8. The number of nitrogens with one attached hydrogen (secondary N) is 2. The fourth-order valence-corrected chi connectivity index (χ4v) is 3.23. The number of rotatable bonds is 9. The number of amides is 1. The van der Waals surface area contributed by atoms with Crippen molar-refractivity contribution in [3.63, 3.8) is 0 Å². The molecule has 0 heterocycles. The molecule has 2 N–H and O–H groups in total. The minimum atomic E-state index is -3.67. The Kier molecular flexibility index (Phi) is 7.26. The van der Waals surface area contributed by atoms with E-state index in [0.29, 0.717) is 6.07 Å². The minimum Gasteiger partial charge on any atom is -0.488 e. The summed E-state index contributed by atoms with van der Waals surface area (Å²) in [6, 6.07) is 10.3. The second-order valence-corrected chi connectivity index (χ2v) is 7.58. The Morgan fingerprint density at radius 1 is 1.15 bits per heavy atom. The molecule has 2 aromatic carbocycles. The van der Waals surface area contributed by atoms with Gasteiger partial charge in [0.2, 0.25) is 15.9 Å². The van der Waals surface area contributed by atoms with E-state index in [2.05, 4.69) is 10.0 Å². The van der Waals surface area contributed by atoms with Crippen molar-refractivity contribution < 1.29 is 26.7 Å². The van der Waals surface area contributed by atoms with Crippen LogP contribution in [-0.4, -0.2) is 33.5 Å². The van der Waals surface area contributed by atoms with Crippen LogP contribution in [0, 0.1) is 11.6 Å². The first kappa shape index (κ1) is 20.8. The van der Waals surface area contributed by atoms with E-state index >= 15 is 0 Å². The quantitative estimate of drug-likeness (QED) is 0.678. The average molecular weight is 398 g/mol. The lowest BCUT2D eigenvalue weighted by Crippen LogP contribution is -2.38. The fraction of sp³-hybridized carbons (Fsp3) is 0.278. The molecule has 0 saturated carbocycles. The number of hydrogen-bond donors (Lipinski definition) is 2. The Hall–Kier alpha value is -2.52. The molecular formula is C18H20F2N2O4S. The Labute approximate surface area is 156 Å². The predicted octanol–water partition coefficient (Wildman–Crippen LogP) is 2.22. The smallest absolute Gasteiger partial charge is 0.240 e. The summed E-state index contributed by atoms with van der Waals surface area (Å²) in [5.74, 6) is -2.04. The van der Waals surface area contributed by atoms with Crippen LogP contribution in [0.15, 0.2) is 53.4 Å². The number of halogens is 2. The van der Waals surface area contributed by atoms with Crippen LogP contribution in [0.3, 0.4) is 0 Å². The topological polar surface area (TPSA) is 84.5 Å². The second-order valence-electron chi connectivity index (χ2n) is 5.82. The van der Waals surface area contributed by atoms with Gasteiger partial charge >= 0.3 is 0 Å². The standard InChI is InChI=1S/C18H20F2N2O4S/c1-13(12-26-17-8-7-14(19)11-16(17)20)22-18(23)9-10-21-27(24,25)15-5-3-2-4-6-15/h2-8,11,13,21H,9-10,12H2,1H3,(H,22,23). The van der Waals surface area contributed by atoms with Crippen molar-refractivity contribution in [2.24, 2.45) is 0 Å². The van der Waals surface area contributed by atoms with Crippen molar-refractivity contribution in [1.82, 2.24) is 10.0 Å². The van der Waals surface area contributed by atoms with Crippen LogP contribution in [0.5, 0.6) is 5.75 Å². The number of benzene rings is 2. The van der Waals surface area contributed by atoms with Gasteiger partial charge < -0.3 is 10.1 Å². The first-order valence-electron chi connectivity index (χ1n) is 8.20. The molecule has 2 aromatic rings. The SMILES string of the molecule is CC(COc1ccc(F)cc1F)NC(=O)CCNS(=O)(=O)c1ccccc1. The highest BCUT2D eigenvalue weighted by molar-refractivity contribution is 7.89. The monoisotopic (exact) mass is 398 g/mol. The van der Waals surface area contributed by atoms with Crippen molar-refractivity contribution in [3.05, 3.63) is 60.2 Å². The molecule has 27 heavy (non-hydrogen) atoms. The molecule has 0 fully saturated rings. The van der Waals surface area contributed by atoms with Gasteiger partial charge in [0.1, 0.15) is 12.4 Å². The summed E-state index contributed by atoms with van der Waals surface area (Å²) < 4.78 is 57.9. The van der Waals surface area contributed by atoms with E-state index in [1.165, 1.54) is 12.1 Å². The molecule has 2 rings (SSSR count). The first-order valence-corrected chi connectivity index (χ1v) is 9.68. The lowest BCUT2D eigenvalue weighted by Gasteiger charge is -2.15. The molecule has 0 aliphatic carbocycles. The van der Waals surface area contributed by atoms with Crippen molar-refractivity contribution in [2.75, 3.05) is 13.2 Å². The van der Waals surface area contributed by atoms with Gasteiger partial charge in [-0.15, -0.1) is 0 Å². The summed E-state index contributed by atoms with van der Waals surface area (Å²) in [6.45, 7) is 1.56. The highest BCUT2D eigenvalue weighted by atomic mass is 32.2. The van der Waals surface area contributed by atoms with E-state index in [1.807, 2.05) is 0 Å². The molecule has 1 amide bonds. The van der Waals surface area contributed by atoms with Gasteiger partial charge in [0.05, 0.1) is 10.9 Å². The van der Waals surface area contributed by atoms with Crippen LogP contribution in [0.2, 0.25) is 0 Å². The molecule has 0 aliphatic rings. The van der Waals surface area contributed by atoms with E-state index in [4.69, 9.17) is 4.74 Å². The van der Waals surface area contributed by atoms with E-state index in [1.54, 1.807) is 25.1 Å². The predicted molar refractivity (Wildman–Crippen MR) is 95.7 cm³/mol. The Morgan fingerprint density at radius 3 is 2.52 bits per heavy atom. The largest absolute Gasteiger partial charge is 0.488 e. The molecule has 0 bridgehead atoms. The molecule has 146 valence electrons. The molecule has 1 unspecified atom stereocenters. The van der Waals surface area contributed by atoms with Gasteiger partial charge in [-0.1, -0.05) is 18.2 Å². The Bertz CT molecular complexity index is 876. The zero-order valence-corrected chi connectivity index (χ0v) is 15.4. The van der Waals surface area contributed by atoms with Crippen LogP contribution < -0.4 is 14.8 Å². The number of carbonyl (C=O) groups excluding carboxylic acids is 1. The minimum absolute atomic E-state index is 0.0238. The van der Waals surface area contributed by atoms with Crippen LogP contribution in [0.1, 0.15) is 13.3 Å². The fourth-order valence-electron chi connectivity index (χ4n) is 2.18.